The average Bonchev–Trinajstić information content (AvgIpc) is 3.20. The molecule has 6 heteroatoms. The first-order valence-electron chi connectivity index (χ1n) is 5.81. The second-order valence-electron chi connectivity index (χ2n) is 4.52. The van der Waals surface area contributed by atoms with Crippen LogP contribution in [-0.2, 0) is 0 Å². The molecule has 19 heavy (non-hydrogen) atoms. The Morgan fingerprint density at radius 2 is 2.16 bits per heavy atom. The van der Waals surface area contributed by atoms with E-state index in [9.17, 15) is 9.18 Å². The van der Waals surface area contributed by atoms with E-state index in [4.69, 9.17) is 0 Å². The zero-order valence-corrected chi connectivity index (χ0v) is 13.5. The summed E-state index contributed by atoms with van der Waals surface area (Å²) < 4.78 is 14.6. The minimum atomic E-state index is -0.369. The SMILES string of the molecule is O=c1[nH]c(-c2ccc(Br)c(F)c2)nc(C2CC2)c1I. The van der Waals surface area contributed by atoms with Gasteiger partial charge in [-0.25, -0.2) is 9.37 Å². The smallest absolute Gasteiger partial charge is 0.264 e. The molecular formula is C13H9BrFIN2O. The maximum absolute atomic E-state index is 13.5. The van der Waals surface area contributed by atoms with Gasteiger partial charge < -0.3 is 4.98 Å². The molecule has 0 unspecified atom stereocenters. The van der Waals surface area contributed by atoms with Crippen molar-refractivity contribution in [3.05, 3.63) is 48.1 Å². The van der Waals surface area contributed by atoms with E-state index in [1.54, 1.807) is 12.1 Å². The van der Waals surface area contributed by atoms with Crippen LogP contribution in [0.1, 0.15) is 24.5 Å². The number of H-pyrrole nitrogens is 1. The molecule has 0 radical (unpaired) electrons. The summed E-state index contributed by atoms with van der Waals surface area (Å²) in [5.74, 6) is 0.443. The number of hydrogen-bond donors (Lipinski definition) is 1. The summed E-state index contributed by atoms with van der Waals surface area (Å²) in [5, 5.41) is 0. The van der Waals surface area contributed by atoms with Gasteiger partial charge in [0.2, 0.25) is 0 Å². The van der Waals surface area contributed by atoms with Gasteiger partial charge in [-0.3, -0.25) is 4.79 Å². The Morgan fingerprint density at radius 1 is 1.42 bits per heavy atom. The lowest BCUT2D eigenvalue weighted by Crippen LogP contribution is -2.16. The van der Waals surface area contributed by atoms with Crippen molar-refractivity contribution in [1.82, 2.24) is 9.97 Å². The maximum Gasteiger partial charge on any atom is 0.264 e. The summed E-state index contributed by atoms with van der Waals surface area (Å²) in [4.78, 5) is 19.1. The molecule has 1 aromatic heterocycles. The molecule has 1 fully saturated rings. The Balaban J connectivity index is 2.14. The summed E-state index contributed by atoms with van der Waals surface area (Å²) in [7, 11) is 0. The molecule has 3 nitrogen and oxygen atoms in total. The van der Waals surface area contributed by atoms with Crippen molar-refractivity contribution in [2.75, 3.05) is 0 Å². The van der Waals surface area contributed by atoms with E-state index < -0.39 is 0 Å². The molecule has 0 saturated heterocycles. The Hall–Kier alpha value is -0.760. The van der Waals surface area contributed by atoms with Gasteiger partial charge in [0.15, 0.2) is 0 Å². The third-order valence-corrected chi connectivity index (χ3v) is 4.73. The third-order valence-electron chi connectivity index (χ3n) is 3.05. The van der Waals surface area contributed by atoms with Gasteiger partial charge in [0.25, 0.3) is 5.56 Å². The molecule has 1 aliphatic rings. The van der Waals surface area contributed by atoms with E-state index in [2.05, 4.69) is 25.9 Å². The van der Waals surface area contributed by atoms with Gasteiger partial charge in [0.1, 0.15) is 11.6 Å². The van der Waals surface area contributed by atoms with Crippen LogP contribution in [0, 0.1) is 9.39 Å². The van der Waals surface area contributed by atoms with Gasteiger partial charge in [-0.1, -0.05) is 0 Å². The van der Waals surface area contributed by atoms with Crippen LogP contribution < -0.4 is 5.56 Å². The molecule has 1 aliphatic carbocycles. The predicted octanol–water partition coefficient (Wildman–Crippen LogP) is 3.82. The molecule has 1 N–H and O–H groups in total. The fraction of sp³-hybridized carbons (Fsp3) is 0.231. The van der Waals surface area contributed by atoms with Crippen LogP contribution in [0.3, 0.4) is 0 Å². The number of rotatable bonds is 2. The monoisotopic (exact) mass is 434 g/mol. The standard InChI is InChI=1S/C13H9BrFIN2O/c14-8-4-3-7(5-9(8)15)12-17-11(6-1-2-6)10(16)13(19)18-12/h3-6H,1-2H2,(H,17,18,19). The fourth-order valence-electron chi connectivity index (χ4n) is 1.88. The first-order valence-corrected chi connectivity index (χ1v) is 7.68. The Labute approximate surface area is 130 Å². The van der Waals surface area contributed by atoms with Gasteiger partial charge in [-0.05, 0) is 69.6 Å². The van der Waals surface area contributed by atoms with Crippen LogP contribution in [0.2, 0.25) is 0 Å². The molecule has 2 aromatic rings. The number of benzene rings is 1. The van der Waals surface area contributed by atoms with E-state index in [-0.39, 0.29) is 11.4 Å². The van der Waals surface area contributed by atoms with Gasteiger partial charge in [0.05, 0.1) is 13.7 Å². The number of halogens is 3. The highest BCUT2D eigenvalue weighted by atomic mass is 127. The van der Waals surface area contributed by atoms with E-state index in [1.807, 2.05) is 22.6 Å². The van der Waals surface area contributed by atoms with Gasteiger partial charge in [0, 0.05) is 11.5 Å². The van der Waals surface area contributed by atoms with Crippen molar-refractivity contribution in [1.29, 1.82) is 0 Å². The summed E-state index contributed by atoms with van der Waals surface area (Å²) in [6.07, 6.45) is 2.14. The lowest BCUT2D eigenvalue weighted by molar-refractivity contribution is 0.621. The number of hydrogen-bond acceptors (Lipinski definition) is 2. The van der Waals surface area contributed by atoms with Crippen LogP contribution >= 0.6 is 38.5 Å². The molecule has 1 heterocycles. The van der Waals surface area contributed by atoms with Crippen molar-refractivity contribution < 1.29 is 4.39 Å². The molecule has 1 aromatic carbocycles. The highest BCUT2D eigenvalue weighted by Crippen LogP contribution is 2.40. The average molecular weight is 435 g/mol. The van der Waals surface area contributed by atoms with Crippen LogP contribution in [0.5, 0.6) is 0 Å². The predicted molar refractivity (Wildman–Crippen MR) is 82.6 cm³/mol. The highest BCUT2D eigenvalue weighted by molar-refractivity contribution is 14.1. The van der Waals surface area contributed by atoms with Gasteiger partial charge in [-0.15, -0.1) is 0 Å². The van der Waals surface area contributed by atoms with E-state index in [0.717, 1.165) is 18.5 Å². The molecule has 0 aliphatic heterocycles. The van der Waals surface area contributed by atoms with Gasteiger partial charge >= 0.3 is 0 Å². The van der Waals surface area contributed by atoms with E-state index in [0.29, 0.717) is 25.3 Å². The van der Waals surface area contributed by atoms with Crippen molar-refractivity contribution in [2.45, 2.75) is 18.8 Å². The van der Waals surface area contributed by atoms with Crippen molar-refractivity contribution in [3.8, 4) is 11.4 Å². The number of nitrogens with zero attached hydrogens (tertiary/aromatic N) is 1. The highest BCUT2D eigenvalue weighted by Gasteiger charge is 2.29. The first-order chi connectivity index (χ1) is 9.06. The Kier molecular flexibility index (Phi) is 3.46. The summed E-state index contributed by atoms with van der Waals surface area (Å²) in [6.45, 7) is 0. The largest absolute Gasteiger partial charge is 0.306 e. The molecule has 3 rings (SSSR count). The summed E-state index contributed by atoms with van der Waals surface area (Å²) >= 11 is 5.13. The van der Waals surface area contributed by atoms with Crippen molar-refractivity contribution >= 4 is 38.5 Å². The number of nitrogens with one attached hydrogen (secondary N) is 1. The molecule has 1 saturated carbocycles. The zero-order chi connectivity index (χ0) is 13.6. The minimum absolute atomic E-state index is 0.157. The van der Waals surface area contributed by atoms with Crippen LogP contribution in [0.4, 0.5) is 4.39 Å². The number of aromatic amines is 1. The normalized spacial score (nSPS) is 14.7. The van der Waals surface area contributed by atoms with E-state index in [1.165, 1.54) is 6.07 Å². The molecule has 0 spiro atoms. The van der Waals surface area contributed by atoms with E-state index >= 15 is 0 Å². The Bertz CT molecular complexity index is 712. The van der Waals surface area contributed by atoms with Crippen LogP contribution in [0.15, 0.2) is 27.5 Å². The first kappa shape index (κ1) is 13.2. The molecule has 0 amide bonds. The second kappa shape index (κ2) is 4.97. The summed E-state index contributed by atoms with van der Waals surface area (Å²) in [6, 6.07) is 4.71. The molecule has 0 bridgehead atoms. The van der Waals surface area contributed by atoms with Crippen LogP contribution in [0.25, 0.3) is 11.4 Å². The summed E-state index contributed by atoms with van der Waals surface area (Å²) in [5.41, 5.74) is 1.26. The minimum Gasteiger partial charge on any atom is -0.306 e. The fourth-order valence-corrected chi connectivity index (χ4v) is 2.83. The quantitative estimate of drug-likeness (QED) is 0.730. The maximum atomic E-state index is 13.5. The lowest BCUT2D eigenvalue weighted by atomic mass is 10.2. The molecular weight excluding hydrogens is 426 g/mol. The molecule has 0 atom stereocenters. The Morgan fingerprint density at radius 3 is 2.79 bits per heavy atom. The number of aromatic nitrogens is 2. The van der Waals surface area contributed by atoms with Gasteiger partial charge in [-0.2, -0.15) is 0 Å². The topological polar surface area (TPSA) is 45.8 Å². The zero-order valence-electron chi connectivity index (χ0n) is 9.71. The van der Waals surface area contributed by atoms with Crippen molar-refractivity contribution in [2.24, 2.45) is 0 Å². The second-order valence-corrected chi connectivity index (χ2v) is 6.45. The lowest BCUT2D eigenvalue weighted by Gasteiger charge is -2.06. The van der Waals surface area contributed by atoms with Crippen LogP contribution in [-0.4, -0.2) is 9.97 Å². The van der Waals surface area contributed by atoms with Crippen molar-refractivity contribution in [3.63, 3.8) is 0 Å². The molecule has 98 valence electrons. The third kappa shape index (κ3) is 2.60.